The van der Waals surface area contributed by atoms with Gasteiger partial charge in [-0.3, -0.25) is 9.10 Å². The zero-order valence-corrected chi connectivity index (χ0v) is 17.2. The lowest BCUT2D eigenvalue weighted by Gasteiger charge is -2.24. The minimum absolute atomic E-state index is 0.0931. The first-order chi connectivity index (χ1) is 13.8. The molecule has 0 spiro atoms. The van der Waals surface area contributed by atoms with Gasteiger partial charge in [0.05, 0.1) is 18.5 Å². The highest BCUT2D eigenvalue weighted by atomic mass is 32.2. The highest BCUT2D eigenvalue weighted by Gasteiger charge is 2.40. The Morgan fingerprint density at radius 3 is 2.31 bits per heavy atom. The predicted octanol–water partition coefficient (Wildman–Crippen LogP) is 3.71. The van der Waals surface area contributed by atoms with E-state index in [-0.39, 0.29) is 24.3 Å². The van der Waals surface area contributed by atoms with Gasteiger partial charge in [0, 0.05) is 11.6 Å². The third-order valence-electron chi connectivity index (χ3n) is 6.11. The van der Waals surface area contributed by atoms with E-state index >= 15 is 0 Å². The lowest BCUT2D eigenvalue weighted by molar-refractivity contribution is 0.0923. The van der Waals surface area contributed by atoms with Crippen molar-refractivity contribution in [2.75, 3.05) is 10.6 Å². The van der Waals surface area contributed by atoms with Crippen LogP contribution in [0.2, 0.25) is 0 Å². The fourth-order valence-corrected chi connectivity index (χ4v) is 5.50. The van der Waals surface area contributed by atoms with E-state index in [1.165, 1.54) is 35.7 Å². The van der Waals surface area contributed by atoms with Crippen LogP contribution in [0.25, 0.3) is 0 Å². The number of sulfonamides is 1. The zero-order chi connectivity index (χ0) is 20.6. The second-order valence-electron chi connectivity index (χ2n) is 8.20. The molecule has 0 aromatic heterocycles. The topological polar surface area (TPSA) is 66.5 Å². The number of rotatable bonds is 6. The summed E-state index contributed by atoms with van der Waals surface area (Å²) in [4.78, 5) is 12.6. The van der Waals surface area contributed by atoms with Gasteiger partial charge in [-0.15, -0.1) is 0 Å². The number of anilines is 1. The Morgan fingerprint density at radius 2 is 1.76 bits per heavy atom. The minimum Gasteiger partial charge on any atom is -0.349 e. The third kappa shape index (κ3) is 4.45. The Morgan fingerprint density at radius 1 is 1.07 bits per heavy atom. The van der Waals surface area contributed by atoms with Crippen LogP contribution >= 0.6 is 0 Å². The number of carbonyl (C=O) groups excluding carboxylic acids is 1. The average molecular weight is 417 g/mol. The summed E-state index contributed by atoms with van der Waals surface area (Å²) in [7, 11) is -3.54. The van der Waals surface area contributed by atoms with Gasteiger partial charge < -0.3 is 5.32 Å². The molecule has 1 N–H and O–H groups in total. The molecule has 2 aliphatic rings. The molecule has 0 saturated heterocycles. The van der Waals surface area contributed by atoms with Crippen molar-refractivity contribution in [3.63, 3.8) is 0 Å². The Bertz CT molecular complexity index is 990. The molecule has 0 aliphatic heterocycles. The molecule has 3 atom stereocenters. The molecule has 2 aliphatic carbocycles. The van der Waals surface area contributed by atoms with Crippen molar-refractivity contribution < 1.29 is 17.6 Å². The van der Waals surface area contributed by atoms with Crippen molar-refractivity contribution in [3.8, 4) is 0 Å². The van der Waals surface area contributed by atoms with Gasteiger partial charge in [0.15, 0.2) is 0 Å². The van der Waals surface area contributed by atoms with Gasteiger partial charge in [-0.05, 0) is 73.1 Å². The maximum absolute atomic E-state index is 13.1. The fourth-order valence-electron chi connectivity index (χ4n) is 4.61. The molecule has 0 radical (unpaired) electrons. The lowest BCUT2D eigenvalue weighted by Crippen LogP contribution is -2.38. The minimum atomic E-state index is -3.54. The molecule has 2 bridgehead atoms. The summed E-state index contributed by atoms with van der Waals surface area (Å²) < 4.78 is 39.0. The van der Waals surface area contributed by atoms with Crippen molar-refractivity contribution in [3.05, 3.63) is 65.5 Å². The molecule has 2 saturated carbocycles. The van der Waals surface area contributed by atoms with Crippen molar-refractivity contribution >= 4 is 21.6 Å². The summed E-state index contributed by atoms with van der Waals surface area (Å²) in [5.74, 6) is 0.867. The van der Waals surface area contributed by atoms with Crippen LogP contribution < -0.4 is 9.62 Å². The lowest BCUT2D eigenvalue weighted by atomic mass is 9.95. The standard InChI is InChI=1S/C22H25FN2O3S/c1-29(27,28)25(14-15-3-8-19(23)9-4-15)20-10-6-17(7-11-20)22(26)24-21-13-16-2-5-18(21)12-16/h3-4,6-11,16,18,21H,2,5,12-14H2,1H3,(H,24,26)/t16-,18-,21+/m0/s1. The van der Waals surface area contributed by atoms with Crippen molar-refractivity contribution in [1.29, 1.82) is 0 Å². The van der Waals surface area contributed by atoms with E-state index < -0.39 is 10.0 Å². The third-order valence-corrected chi connectivity index (χ3v) is 7.25. The molecule has 2 fully saturated rings. The Labute approximate surface area is 171 Å². The summed E-state index contributed by atoms with van der Waals surface area (Å²) in [5, 5.41) is 3.14. The number of carbonyl (C=O) groups is 1. The molecule has 7 heteroatoms. The van der Waals surface area contributed by atoms with Gasteiger partial charge in [-0.2, -0.15) is 0 Å². The molecule has 1 amide bonds. The van der Waals surface area contributed by atoms with Crippen LogP contribution in [0.15, 0.2) is 48.5 Å². The highest BCUT2D eigenvalue weighted by Crippen LogP contribution is 2.44. The van der Waals surface area contributed by atoms with Crippen LogP contribution in [-0.2, 0) is 16.6 Å². The molecular formula is C22H25FN2O3S. The largest absolute Gasteiger partial charge is 0.349 e. The van der Waals surface area contributed by atoms with Gasteiger partial charge in [0.1, 0.15) is 5.82 Å². The molecular weight excluding hydrogens is 391 g/mol. The molecule has 154 valence electrons. The van der Waals surface area contributed by atoms with E-state index in [1.54, 1.807) is 36.4 Å². The number of hydrogen-bond acceptors (Lipinski definition) is 3. The van der Waals surface area contributed by atoms with E-state index in [0.29, 0.717) is 22.7 Å². The molecule has 5 nitrogen and oxygen atoms in total. The Kier molecular flexibility index (Phi) is 5.34. The van der Waals surface area contributed by atoms with Crippen LogP contribution in [0.1, 0.15) is 41.6 Å². The predicted molar refractivity (Wildman–Crippen MR) is 111 cm³/mol. The van der Waals surface area contributed by atoms with E-state index in [9.17, 15) is 17.6 Å². The monoisotopic (exact) mass is 416 g/mol. The van der Waals surface area contributed by atoms with Gasteiger partial charge in [0.25, 0.3) is 5.91 Å². The van der Waals surface area contributed by atoms with Crippen molar-refractivity contribution in [2.45, 2.75) is 38.3 Å². The molecule has 0 unspecified atom stereocenters. The number of hydrogen-bond donors (Lipinski definition) is 1. The molecule has 4 rings (SSSR count). The summed E-state index contributed by atoms with van der Waals surface area (Å²) in [6.45, 7) is 0.0931. The number of amides is 1. The quantitative estimate of drug-likeness (QED) is 0.781. The SMILES string of the molecule is CS(=O)(=O)N(Cc1ccc(F)cc1)c1ccc(C(=O)N[C@@H]2C[C@H]3CC[C@H]2C3)cc1. The normalized spacial score (nSPS) is 23.2. The average Bonchev–Trinajstić information content (AvgIpc) is 3.30. The Balaban J connectivity index is 1.48. The first kappa shape index (κ1) is 19.9. The molecule has 2 aromatic carbocycles. The number of benzene rings is 2. The van der Waals surface area contributed by atoms with Crippen LogP contribution in [0.3, 0.4) is 0 Å². The van der Waals surface area contributed by atoms with E-state index in [4.69, 9.17) is 0 Å². The van der Waals surface area contributed by atoms with E-state index in [0.717, 1.165) is 18.6 Å². The van der Waals surface area contributed by atoms with E-state index in [2.05, 4.69) is 5.32 Å². The second-order valence-corrected chi connectivity index (χ2v) is 10.1. The summed E-state index contributed by atoms with van der Waals surface area (Å²) in [6, 6.07) is 12.6. The zero-order valence-electron chi connectivity index (χ0n) is 16.3. The van der Waals surface area contributed by atoms with Crippen LogP contribution in [0.5, 0.6) is 0 Å². The van der Waals surface area contributed by atoms with Gasteiger partial charge >= 0.3 is 0 Å². The maximum Gasteiger partial charge on any atom is 0.251 e. The maximum atomic E-state index is 13.1. The number of nitrogens with zero attached hydrogens (tertiary/aromatic N) is 1. The molecule has 29 heavy (non-hydrogen) atoms. The van der Waals surface area contributed by atoms with Crippen molar-refractivity contribution in [1.82, 2.24) is 5.32 Å². The summed E-state index contributed by atoms with van der Waals surface area (Å²) in [6.07, 6.45) is 5.89. The van der Waals surface area contributed by atoms with Crippen LogP contribution in [-0.4, -0.2) is 26.6 Å². The van der Waals surface area contributed by atoms with Crippen LogP contribution in [0.4, 0.5) is 10.1 Å². The van der Waals surface area contributed by atoms with Crippen molar-refractivity contribution in [2.24, 2.45) is 11.8 Å². The number of fused-ring (bicyclic) bond motifs is 2. The first-order valence-corrected chi connectivity index (χ1v) is 11.8. The number of nitrogens with one attached hydrogen (secondary N) is 1. The van der Waals surface area contributed by atoms with E-state index in [1.807, 2.05) is 0 Å². The highest BCUT2D eigenvalue weighted by molar-refractivity contribution is 7.92. The van der Waals surface area contributed by atoms with Gasteiger partial charge in [0.2, 0.25) is 10.0 Å². The Hall–Kier alpha value is -2.41. The smallest absolute Gasteiger partial charge is 0.251 e. The fraction of sp³-hybridized carbons (Fsp3) is 0.409. The second kappa shape index (κ2) is 7.78. The summed E-state index contributed by atoms with van der Waals surface area (Å²) in [5.41, 5.74) is 1.66. The van der Waals surface area contributed by atoms with Gasteiger partial charge in [-0.1, -0.05) is 18.6 Å². The molecule has 0 heterocycles. The molecule has 2 aromatic rings. The summed E-state index contributed by atoms with van der Waals surface area (Å²) >= 11 is 0. The first-order valence-electron chi connectivity index (χ1n) is 9.92. The van der Waals surface area contributed by atoms with Gasteiger partial charge in [-0.25, -0.2) is 12.8 Å². The van der Waals surface area contributed by atoms with Crippen LogP contribution in [0, 0.1) is 17.7 Å². The number of halogens is 1.